The van der Waals surface area contributed by atoms with E-state index in [0.717, 1.165) is 5.56 Å². The molecule has 0 saturated carbocycles. The topological polar surface area (TPSA) is 71.8 Å². The highest BCUT2D eigenvalue weighted by molar-refractivity contribution is 6.30. The molecule has 0 fully saturated rings. The summed E-state index contributed by atoms with van der Waals surface area (Å²) in [6.07, 6.45) is 1.43. The van der Waals surface area contributed by atoms with E-state index in [-0.39, 0.29) is 24.2 Å². The first-order chi connectivity index (χ1) is 13.1. The average Bonchev–Trinajstić information content (AvgIpc) is 3.19. The zero-order valence-corrected chi connectivity index (χ0v) is 14.9. The van der Waals surface area contributed by atoms with Crippen LogP contribution in [-0.2, 0) is 11.3 Å². The summed E-state index contributed by atoms with van der Waals surface area (Å²) in [4.78, 5) is 26.2. The molecular weight excluding hydrogens is 368 g/mol. The fourth-order valence-corrected chi connectivity index (χ4v) is 3.08. The zero-order valence-electron chi connectivity index (χ0n) is 14.1. The van der Waals surface area contributed by atoms with Gasteiger partial charge in [0.2, 0.25) is 0 Å². The number of amides is 2. The number of rotatable bonds is 4. The van der Waals surface area contributed by atoms with Crippen LogP contribution in [0.2, 0.25) is 5.02 Å². The molecule has 136 valence electrons. The van der Waals surface area contributed by atoms with Crippen LogP contribution in [0.4, 0.5) is 11.4 Å². The van der Waals surface area contributed by atoms with Crippen molar-refractivity contribution in [2.45, 2.75) is 6.54 Å². The number of anilines is 2. The van der Waals surface area contributed by atoms with Crippen LogP contribution in [0.3, 0.4) is 0 Å². The Bertz CT molecular complexity index is 1000. The lowest BCUT2D eigenvalue weighted by molar-refractivity contribution is -0.121. The van der Waals surface area contributed by atoms with Crippen LogP contribution in [-0.4, -0.2) is 18.4 Å². The predicted octanol–water partition coefficient (Wildman–Crippen LogP) is 4.11. The number of benzene rings is 2. The maximum atomic E-state index is 12.4. The van der Waals surface area contributed by atoms with Gasteiger partial charge in [-0.1, -0.05) is 23.7 Å². The molecule has 0 saturated heterocycles. The highest BCUT2D eigenvalue weighted by Gasteiger charge is 2.26. The van der Waals surface area contributed by atoms with E-state index in [0.29, 0.717) is 28.7 Å². The van der Waals surface area contributed by atoms with Gasteiger partial charge in [-0.25, -0.2) is 0 Å². The van der Waals surface area contributed by atoms with Gasteiger partial charge in [0, 0.05) is 10.7 Å². The molecule has 0 unspecified atom stereocenters. The van der Waals surface area contributed by atoms with Gasteiger partial charge in [-0.15, -0.1) is 0 Å². The zero-order chi connectivity index (χ0) is 18.8. The number of nitrogens with one attached hydrogen (secondary N) is 1. The van der Waals surface area contributed by atoms with Crippen LogP contribution >= 0.6 is 11.6 Å². The first-order valence-electron chi connectivity index (χ1n) is 8.27. The summed E-state index contributed by atoms with van der Waals surface area (Å²) < 4.78 is 10.6. The quantitative estimate of drug-likeness (QED) is 0.737. The number of furan rings is 1. The Morgan fingerprint density at radius 3 is 2.81 bits per heavy atom. The highest BCUT2D eigenvalue weighted by atomic mass is 35.5. The third kappa shape index (κ3) is 3.66. The molecule has 4 rings (SSSR count). The van der Waals surface area contributed by atoms with Crippen LogP contribution in [0.15, 0.2) is 65.3 Å². The highest BCUT2D eigenvalue weighted by Crippen LogP contribution is 2.35. The van der Waals surface area contributed by atoms with Crippen LogP contribution in [0, 0.1) is 0 Å². The van der Waals surface area contributed by atoms with E-state index >= 15 is 0 Å². The third-order valence-corrected chi connectivity index (χ3v) is 4.37. The first-order valence-corrected chi connectivity index (χ1v) is 8.64. The lowest BCUT2D eigenvalue weighted by Gasteiger charge is -2.30. The lowest BCUT2D eigenvalue weighted by atomic mass is 10.1. The van der Waals surface area contributed by atoms with Crippen molar-refractivity contribution in [3.63, 3.8) is 0 Å². The van der Waals surface area contributed by atoms with Crippen molar-refractivity contribution < 1.29 is 18.7 Å². The van der Waals surface area contributed by atoms with Gasteiger partial charge in [0.25, 0.3) is 11.8 Å². The molecule has 1 aromatic heterocycles. The molecule has 7 heteroatoms. The Balaban J connectivity index is 1.62. The van der Waals surface area contributed by atoms with Gasteiger partial charge in [-0.2, -0.15) is 0 Å². The van der Waals surface area contributed by atoms with Gasteiger partial charge in [-0.3, -0.25) is 9.59 Å². The number of nitrogens with zero attached hydrogens (tertiary/aromatic N) is 1. The van der Waals surface area contributed by atoms with Gasteiger partial charge in [0.15, 0.2) is 12.4 Å². The molecule has 0 radical (unpaired) electrons. The van der Waals surface area contributed by atoms with Gasteiger partial charge in [0.1, 0.15) is 5.75 Å². The second-order valence-corrected chi connectivity index (χ2v) is 6.45. The minimum absolute atomic E-state index is 0.0360. The Morgan fingerprint density at radius 1 is 1.15 bits per heavy atom. The minimum atomic E-state index is -0.371. The van der Waals surface area contributed by atoms with E-state index in [9.17, 15) is 9.59 Å². The van der Waals surface area contributed by atoms with Crippen molar-refractivity contribution in [1.29, 1.82) is 0 Å². The minimum Gasteiger partial charge on any atom is -0.482 e. The molecular formula is C20H15ClN2O4. The number of fused-ring (bicyclic) bond motifs is 1. The standard InChI is InChI=1S/C20H15ClN2O4/c21-14-4-1-3-13(9-14)11-23-16-10-15(6-7-17(16)27-12-19(23)24)22-20(25)18-5-2-8-26-18/h1-10H,11-12H2,(H,22,25). The summed E-state index contributed by atoms with van der Waals surface area (Å²) in [7, 11) is 0. The van der Waals surface area contributed by atoms with Gasteiger partial charge in [0.05, 0.1) is 18.5 Å². The molecule has 2 aromatic carbocycles. The van der Waals surface area contributed by atoms with E-state index in [2.05, 4.69) is 5.32 Å². The number of halogens is 1. The predicted molar refractivity (Wildman–Crippen MR) is 101 cm³/mol. The van der Waals surface area contributed by atoms with Crippen LogP contribution < -0.4 is 15.0 Å². The molecule has 0 atom stereocenters. The number of carbonyl (C=O) groups excluding carboxylic acids is 2. The molecule has 3 aromatic rings. The number of carbonyl (C=O) groups is 2. The molecule has 2 heterocycles. The first kappa shape index (κ1) is 17.2. The van der Waals surface area contributed by atoms with E-state index in [4.69, 9.17) is 20.8 Å². The summed E-state index contributed by atoms with van der Waals surface area (Å²) in [5, 5.41) is 3.36. The van der Waals surface area contributed by atoms with Gasteiger partial charge < -0.3 is 19.4 Å². The molecule has 1 aliphatic rings. The summed E-state index contributed by atoms with van der Waals surface area (Å²) >= 11 is 6.05. The fraction of sp³-hybridized carbons (Fsp3) is 0.100. The van der Waals surface area contributed by atoms with Gasteiger partial charge >= 0.3 is 0 Å². The van der Waals surface area contributed by atoms with Crippen molar-refractivity contribution >= 4 is 34.8 Å². The van der Waals surface area contributed by atoms with E-state index in [1.54, 1.807) is 41.3 Å². The van der Waals surface area contributed by atoms with Crippen molar-refractivity contribution in [2.24, 2.45) is 0 Å². The maximum Gasteiger partial charge on any atom is 0.291 e. The second-order valence-electron chi connectivity index (χ2n) is 6.01. The van der Waals surface area contributed by atoms with Crippen LogP contribution in [0.1, 0.15) is 16.1 Å². The lowest BCUT2D eigenvalue weighted by Crippen LogP contribution is -2.38. The van der Waals surface area contributed by atoms with Crippen molar-refractivity contribution in [2.75, 3.05) is 16.8 Å². The molecule has 1 N–H and O–H groups in total. The Kier molecular flexibility index (Phi) is 4.56. The molecule has 2 amide bonds. The summed E-state index contributed by atoms with van der Waals surface area (Å²) in [6, 6.07) is 15.7. The summed E-state index contributed by atoms with van der Waals surface area (Å²) in [6.45, 7) is 0.316. The molecule has 0 aliphatic carbocycles. The second kappa shape index (κ2) is 7.17. The van der Waals surface area contributed by atoms with Gasteiger partial charge in [-0.05, 0) is 48.0 Å². The molecule has 0 bridgehead atoms. The van der Waals surface area contributed by atoms with Crippen LogP contribution in [0.25, 0.3) is 0 Å². The fourth-order valence-electron chi connectivity index (χ4n) is 2.87. The van der Waals surface area contributed by atoms with Crippen molar-refractivity contribution in [1.82, 2.24) is 0 Å². The molecule has 6 nitrogen and oxygen atoms in total. The van der Waals surface area contributed by atoms with E-state index < -0.39 is 0 Å². The van der Waals surface area contributed by atoms with Crippen molar-refractivity contribution in [3.05, 3.63) is 77.2 Å². The number of hydrogen-bond donors (Lipinski definition) is 1. The van der Waals surface area contributed by atoms with E-state index in [1.165, 1.54) is 6.26 Å². The third-order valence-electron chi connectivity index (χ3n) is 4.13. The van der Waals surface area contributed by atoms with Crippen molar-refractivity contribution in [3.8, 4) is 5.75 Å². The van der Waals surface area contributed by atoms with E-state index in [1.807, 2.05) is 18.2 Å². The largest absolute Gasteiger partial charge is 0.482 e. The Hall–Kier alpha value is -3.25. The Morgan fingerprint density at radius 2 is 2.04 bits per heavy atom. The number of ether oxygens (including phenoxy) is 1. The summed E-state index contributed by atoms with van der Waals surface area (Å²) in [5.74, 6) is 0.241. The molecule has 27 heavy (non-hydrogen) atoms. The smallest absolute Gasteiger partial charge is 0.291 e. The average molecular weight is 383 g/mol. The maximum absolute atomic E-state index is 12.4. The summed E-state index contributed by atoms with van der Waals surface area (Å²) in [5.41, 5.74) is 2.02. The number of hydrogen-bond acceptors (Lipinski definition) is 4. The Labute approximate surface area is 160 Å². The molecule has 0 spiro atoms. The monoisotopic (exact) mass is 382 g/mol. The normalized spacial score (nSPS) is 13.1. The molecule has 1 aliphatic heterocycles. The van der Waals surface area contributed by atoms with Crippen LogP contribution in [0.5, 0.6) is 5.75 Å². The SMILES string of the molecule is O=C(Nc1ccc2c(c1)N(Cc1cccc(Cl)c1)C(=O)CO2)c1ccco1.